The number of hydrogen-bond donors (Lipinski definition) is 0. The number of hydrogen-bond acceptors (Lipinski definition) is 7. The summed E-state index contributed by atoms with van der Waals surface area (Å²) >= 11 is 6.05. The first-order chi connectivity index (χ1) is 12.5. The minimum Gasteiger partial charge on any atom is -0.497 e. The molecule has 0 radical (unpaired) electrons. The largest absolute Gasteiger partial charge is 0.497 e. The van der Waals surface area contributed by atoms with Crippen molar-refractivity contribution in [3.8, 4) is 17.1 Å². The lowest BCUT2D eigenvalue weighted by Gasteiger charge is -2.07. The first-order valence-electron chi connectivity index (χ1n) is 7.76. The molecule has 3 rings (SSSR count). The molecule has 3 aromatic rings. The van der Waals surface area contributed by atoms with Gasteiger partial charge in [0, 0.05) is 11.3 Å². The van der Waals surface area contributed by atoms with Gasteiger partial charge in [0.15, 0.2) is 6.61 Å². The van der Waals surface area contributed by atoms with Crippen LogP contribution in [0.5, 0.6) is 5.75 Å². The molecule has 0 amide bonds. The Bertz CT molecular complexity index is 915. The molecule has 0 N–H and O–H groups in total. The lowest BCUT2D eigenvalue weighted by molar-refractivity contribution is 0.0428. The van der Waals surface area contributed by atoms with Crippen molar-refractivity contribution in [1.29, 1.82) is 0 Å². The molecule has 1 aromatic carbocycles. The van der Waals surface area contributed by atoms with Crippen LogP contribution in [0.2, 0.25) is 5.15 Å². The molecule has 0 aliphatic rings. The highest BCUT2D eigenvalue weighted by Gasteiger charge is 2.18. The maximum atomic E-state index is 12.3. The zero-order chi connectivity index (χ0) is 18.7. The van der Waals surface area contributed by atoms with Crippen LogP contribution in [0.4, 0.5) is 0 Å². The molecular weight excluding hydrogens is 358 g/mol. The number of esters is 1. The lowest BCUT2D eigenvalue weighted by atomic mass is 10.1. The summed E-state index contributed by atoms with van der Waals surface area (Å²) in [6.45, 7) is 3.41. The number of carbonyl (C=O) groups is 1. The topological polar surface area (TPSA) is 87.3 Å². The molecule has 0 saturated heterocycles. The Morgan fingerprint density at radius 2 is 1.92 bits per heavy atom. The average Bonchev–Trinajstić information content (AvgIpc) is 3.08. The molecule has 0 aliphatic heterocycles. The van der Waals surface area contributed by atoms with Crippen molar-refractivity contribution in [2.75, 3.05) is 7.11 Å². The summed E-state index contributed by atoms with van der Waals surface area (Å²) in [5, 5.41) is 3.99. The molecule has 2 heterocycles. The smallest absolute Gasteiger partial charge is 0.342 e. The van der Waals surface area contributed by atoms with E-state index < -0.39 is 5.97 Å². The van der Waals surface area contributed by atoms with E-state index in [1.54, 1.807) is 51.3 Å². The van der Waals surface area contributed by atoms with E-state index in [0.29, 0.717) is 11.4 Å². The molecule has 2 aromatic heterocycles. The van der Waals surface area contributed by atoms with Gasteiger partial charge in [0.2, 0.25) is 5.82 Å². The van der Waals surface area contributed by atoms with Gasteiger partial charge in [-0.05, 0) is 49.7 Å². The van der Waals surface area contributed by atoms with Crippen LogP contribution >= 0.6 is 11.6 Å². The number of pyridine rings is 1. The Kier molecular flexibility index (Phi) is 5.18. The number of ether oxygens (including phenoxy) is 2. The minimum absolute atomic E-state index is 0.108. The SMILES string of the molecule is COc1ccc(-c2noc(COC(=O)c3c(C)cc(C)nc3Cl)n2)cc1. The van der Waals surface area contributed by atoms with Gasteiger partial charge in [-0.2, -0.15) is 4.98 Å². The third-order valence-electron chi connectivity index (χ3n) is 3.65. The highest BCUT2D eigenvalue weighted by atomic mass is 35.5. The number of rotatable bonds is 5. The summed E-state index contributed by atoms with van der Waals surface area (Å²) in [5.74, 6) is 0.706. The predicted octanol–water partition coefficient (Wildman–Crippen LogP) is 3.77. The fourth-order valence-electron chi connectivity index (χ4n) is 2.41. The van der Waals surface area contributed by atoms with Crippen LogP contribution in [0, 0.1) is 13.8 Å². The number of aryl methyl sites for hydroxylation is 2. The molecule has 0 saturated carbocycles. The normalized spacial score (nSPS) is 10.6. The Labute approximate surface area is 154 Å². The van der Waals surface area contributed by atoms with Crippen molar-refractivity contribution < 1.29 is 18.8 Å². The molecule has 7 nitrogen and oxygen atoms in total. The van der Waals surface area contributed by atoms with E-state index in [1.807, 2.05) is 0 Å². The number of benzene rings is 1. The molecular formula is C18H16ClN3O4. The summed E-state index contributed by atoms with van der Waals surface area (Å²) in [4.78, 5) is 20.6. The van der Waals surface area contributed by atoms with Crippen LogP contribution < -0.4 is 4.74 Å². The second-order valence-electron chi connectivity index (χ2n) is 5.56. The van der Waals surface area contributed by atoms with Crippen LogP contribution in [0.15, 0.2) is 34.9 Å². The standard InChI is InChI=1S/C18H16ClN3O4/c1-10-8-11(2)20-16(19)15(10)18(23)25-9-14-21-17(22-26-14)12-4-6-13(24-3)7-5-12/h4-8H,9H2,1-3H3. The molecule has 0 unspecified atom stereocenters. The van der Waals surface area contributed by atoms with Gasteiger partial charge in [-0.3, -0.25) is 0 Å². The number of methoxy groups -OCH3 is 1. The van der Waals surface area contributed by atoms with Gasteiger partial charge < -0.3 is 14.0 Å². The van der Waals surface area contributed by atoms with E-state index in [1.165, 1.54) is 0 Å². The Hall–Kier alpha value is -2.93. The fraction of sp³-hybridized carbons (Fsp3) is 0.222. The predicted molar refractivity (Wildman–Crippen MR) is 94.1 cm³/mol. The Morgan fingerprint density at radius 1 is 1.19 bits per heavy atom. The van der Waals surface area contributed by atoms with Crippen molar-refractivity contribution >= 4 is 17.6 Å². The summed E-state index contributed by atoms with van der Waals surface area (Å²) < 4.78 is 15.5. The Morgan fingerprint density at radius 3 is 2.58 bits per heavy atom. The van der Waals surface area contributed by atoms with E-state index >= 15 is 0 Å². The number of halogens is 1. The number of carbonyl (C=O) groups excluding carboxylic acids is 1. The fourth-order valence-corrected chi connectivity index (χ4v) is 2.77. The quantitative estimate of drug-likeness (QED) is 0.497. The summed E-state index contributed by atoms with van der Waals surface area (Å²) in [5.41, 5.74) is 2.41. The Balaban J connectivity index is 1.69. The van der Waals surface area contributed by atoms with Crippen molar-refractivity contribution in [3.05, 3.63) is 58.2 Å². The van der Waals surface area contributed by atoms with Gasteiger partial charge in [-0.1, -0.05) is 16.8 Å². The lowest BCUT2D eigenvalue weighted by Crippen LogP contribution is -2.09. The van der Waals surface area contributed by atoms with E-state index in [-0.39, 0.29) is 23.2 Å². The molecule has 0 atom stereocenters. The molecule has 0 aliphatic carbocycles. The van der Waals surface area contributed by atoms with Gasteiger partial charge in [0.1, 0.15) is 10.9 Å². The molecule has 26 heavy (non-hydrogen) atoms. The second kappa shape index (κ2) is 7.53. The first-order valence-corrected chi connectivity index (χ1v) is 8.13. The van der Waals surface area contributed by atoms with E-state index in [4.69, 9.17) is 25.6 Å². The van der Waals surface area contributed by atoms with Crippen LogP contribution in [0.3, 0.4) is 0 Å². The van der Waals surface area contributed by atoms with Gasteiger partial charge in [-0.25, -0.2) is 9.78 Å². The molecule has 134 valence electrons. The van der Waals surface area contributed by atoms with Crippen LogP contribution in [0.25, 0.3) is 11.4 Å². The van der Waals surface area contributed by atoms with Crippen LogP contribution in [-0.4, -0.2) is 28.2 Å². The van der Waals surface area contributed by atoms with Crippen LogP contribution in [-0.2, 0) is 11.3 Å². The van der Waals surface area contributed by atoms with E-state index in [2.05, 4.69) is 15.1 Å². The van der Waals surface area contributed by atoms with Crippen molar-refractivity contribution in [2.45, 2.75) is 20.5 Å². The maximum Gasteiger partial charge on any atom is 0.342 e. The monoisotopic (exact) mass is 373 g/mol. The van der Waals surface area contributed by atoms with E-state index in [9.17, 15) is 4.79 Å². The molecule has 8 heteroatoms. The van der Waals surface area contributed by atoms with Crippen LogP contribution in [0.1, 0.15) is 27.5 Å². The first kappa shape index (κ1) is 17.9. The highest BCUT2D eigenvalue weighted by Crippen LogP contribution is 2.22. The third-order valence-corrected chi connectivity index (χ3v) is 3.92. The summed E-state index contributed by atoms with van der Waals surface area (Å²) in [6, 6.07) is 8.96. The summed E-state index contributed by atoms with van der Waals surface area (Å²) in [7, 11) is 1.59. The van der Waals surface area contributed by atoms with Crippen molar-refractivity contribution in [2.24, 2.45) is 0 Å². The molecule has 0 fully saturated rings. The van der Waals surface area contributed by atoms with Crippen molar-refractivity contribution in [1.82, 2.24) is 15.1 Å². The number of nitrogens with zero attached hydrogens (tertiary/aromatic N) is 3. The van der Waals surface area contributed by atoms with Gasteiger partial charge in [-0.15, -0.1) is 0 Å². The van der Waals surface area contributed by atoms with Crippen molar-refractivity contribution in [3.63, 3.8) is 0 Å². The highest BCUT2D eigenvalue weighted by molar-refractivity contribution is 6.32. The molecule has 0 bridgehead atoms. The average molecular weight is 374 g/mol. The van der Waals surface area contributed by atoms with Gasteiger partial charge >= 0.3 is 5.97 Å². The third kappa shape index (κ3) is 3.83. The number of aromatic nitrogens is 3. The van der Waals surface area contributed by atoms with Gasteiger partial charge in [0.05, 0.1) is 12.7 Å². The summed E-state index contributed by atoms with van der Waals surface area (Å²) in [6.07, 6.45) is 0. The molecule has 0 spiro atoms. The second-order valence-corrected chi connectivity index (χ2v) is 5.92. The maximum absolute atomic E-state index is 12.3. The van der Waals surface area contributed by atoms with Gasteiger partial charge in [0.25, 0.3) is 5.89 Å². The van der Waals surface area contributed by atoms with E-state index in [0.717, 1.165) is 17.0 Å². The zero-order valence-corrected chi connectivity index (χ0v) is 15.2. The minimum atomic E-state index is -0.593. The zero-order valence-electron chi connectivity index (χ0n) is 14.4.